The molecule has 1 atom stereocenters. The Kier molecular flexibility index (Phi) is 8.26. The summed E-state index contributed by atoms with van der Waals surface area (Å²) in [7, 11) is 0. The summed E-state index contributed by atoms with van der Waals surface area (Å²) in [6.45, 7) is 1.10. The molecule has 24 heavy (non-hydrogen) atoms. The highest BCUT2D eigenvalue weighted by atomic mass is 35.9. The van der Waals surface area contributed by atoms with E-state index in [4.69, 9.17) is 36.5 Å². The Labute approximate surface area is 151 Å². The van der Waals surface area contributed by atoms with Crippen molar-refractivity contribution < 1.29 is 18.6 Å². The lowest BCUT2D eigenvalue weighted by Gasteiger charge is -2.18. The molecule has 0 fully saturated rings. The zero-order chi connectivity index (χ0) is 17.3. The van der Waals surface area contributed by atoms with Crippen molar-refractivity contribution in [1.82, 2.24) is 0 Å². The first-order valence-electron chi connectivity index (χ1n) is 7.44. The summed E-state index contributed by atoms with van der Waals surface area (Å²) in [6, 6.07) is 19.5. The van der Waals surface area contributed by atoms with Gasteiger partial charge in [-0.05, 0) is 33.6 Å². The molecule has 2 aromatic carbocycles. The average molecular weight is 389 g/mol. The number of rotatable bonds is 10. The van der Waals surface area contributed by atoms with Crippen molar-refractivity contribution in [1.29, 1.82) is 0 Å². The molecule has 0 amide bonds. The van der Waals surface area contributed by atoms with Gasteiger partial charge in [0.05, 0.1) is 26.4 Å². The molecule has 0 aliphatic heterocycles. The second-order valence-electron chi connectivity index (χ2n) is 5.13. The summed E-state index contributed by atoms with van der Waals surface area (Å²) in [5.41, 5.74) is 2.08. The van der Waals surface area contributed by atoms with E-state index < -0.39 is 12.2 Å². The topological polar surface area (TPSA) is 44.8 Å². The minimum atomic E-state index is -3.60. The zero-order valence-corrected chi connectivity index (χ0v) is 15.4. The van der Waals surface area contributed by atoms with Crippen LogP contribution in [-0.2, 0) is 31.8 Å². The van der Waals surface area contributed by atoms with E-state index in [9.17, 15) is 4.57 Å². The Balaban J connectivity index is 1.83. The molecular formula is C17H19Cl2O4P. The van der Waals surface area contributed by atoms with Crippen molar-refractivity contribution in [2.24, 2.45) is 0 Å². The summed E-state index contributed by atoms with van der Waals surface area (Å²) in [4.78, 5) is 0. The number of ether oxygens (including phenoxy) is 2. The predicted octanol–water partition coefficient (Wildman–Crippen LogP) is 5.39. The van der Waals surface area contributed by atoms with Crippen LogP contribution in [-0.4, -0.2) is 19.3 Å². The fourth-order valence-corrected chi connectivity index (χ4v) is 2.66. The lowest BCUT2D eigenvalue weighted by atomic mass is 10.2. The molecule has 130 valence electrons. The first-order chi connectivity index (χ1) is 11.5. The molecule has 2 rings (SSSR count). The first kappa shape index (κ1) is 19.5. The quantitative estimate of drug-likeness (QED) is 0.511. The van der Waals surface area contributed by atoms with Crippen molar-refractivity contribution in [2.45, 2.75) is 19.3 Å². The van der Waals surface area contributed by atoms with Crippen LogP contribution in [0, 0.1) is 0 Å². The summed E-state index contributed by atoms with van der Waals surface area (Å²) in [6.07, 6.45) is -4.03. The Morgan fingerprint density at radius 1 is 0.833 bits per heavy atom. The minimum absolute atomic E-state index is 0.00803. The lowest BCUT2D eigenvalue weighted by molar-refractivity contribution is -0.0477. The molecule has 0 spiro atoms. The van der Waals surface area contributed by atoms with Gasteiger partial charge in [-0.1, -0.05) is 60.7 Å². The van der Waals surface area contributed by atoms with Gasteiger partial charge in [-0.15, -0.1) is 0 Å². The fraction of sp³-hybridized carbons (Fsp3) is 0.294. The molecule has 0 aromatic heterocycles. The molecule has 0 aliphatic carbocycles. The van der Waals surface area contributed by atoms with E-state index in [-0.39, 0.29) is 13.2 Å². The molecule has 0 N–H and O–H groups in total. The van der Waals surface area contributed by atoms with Crippen LogP contribution < -0.4 is 0 Å². The second-order valence-corrected chi connectivity index (χ2v) is 9.41. The first-order valence-corrected chi connectivity index (χ1v) is 10.9. The SMILES string of the molecule is O=P(Cl)(Cl)OC[C@@H](COCc1ccccc1)OCc1ccccc1. The van der Waals surface area contributed by atoms with Crippen LogP contribution in [0.3, 0.4) is 0 Å². The maximum Gasteiger partial charge on any atom is 0.380 e. The van der Waals surface area contributed by atoms with Gasteiger partial charge in [0.2, 0.25) is 0 Å². The average Bonchev–Trinajstić information content (AvgIpc) is 2.58. The van der Waals surface area contributed by atoms with Crippen LogP contribution in [0.15, 0.2) is 60.7 Å². The molecule has 0 saturated carbocycles. The van der Waals surface area contributed by atoms with Gasteiger partial charge in [0.1, 0.15) is 6.10 Å². The molecule has 4 nitrogen and oxygen atoms in total. The molecule has 0 heterocycles. The monoisotopic (exact) mass is 388 g/mol. The van der Waals surface area contributed by atoms with Crippen molar-refractivity contribution in [3.8, 4) is 0 Å². The summed E-state index contributed by atoms with van der Waals surface area (Å²) in [5.74, 6) is 0. The highest BCUT2D eigenvalue weighted by Crippen LogP contribution is 2.57. The molecule has 0 bridgehead atoms. The standard InChI is InChI=1S/C17H19Cl2O4P/c18-24(19,20)23-14-17(22-12-16-9-5-2-6-10-16)13-21-11-15-7-3-1-4-8-15/h1-10,17H,11-14H2/t17-/m1/s1. The van der Waals surface area contributed by atoms with E-state index in [0.29, 0.717) is 13.2 Å². The third-order valence-electron chi connectivity index (χ3n) is 3.15. The zero-order valence-electron chi connectivity index (χ0n) is 13.0. The van der Waals surface area contributed by atoms with Crippen molar-refractivity contribution >= 4 is 28.6 Å². The molecule has 0 saturated heterocycles. The van der Waals surface area contributed by atoms with Crippen LogP contribution in [0.25, 0.3) is 0 Å². The molecule has 2 aromatic rings. The van der Waals surface area contributed by atoms with E-state index in [1.165, 1.54) is 0 Å². The smallest absolute Gasteiger partial charge is 0.374 e. The van der Waals surface area contributed by atoms with Crippen LogP contribution in [0.1, 0.15) is 11.1 Å². The number of hydrogen-bond donors (Lipinski definition) is 0. The van der Waals surface area contributed by atoms with E-state index in [1.54, 1.807) is 0 Å². The molecular weight excluding hydrogens is 370 g/mol. The van der Waals surface area contributed by atoms with Crippen LogP contribution in [0.4, 0.5) is 0 Å². The van der Waals surface area contributed by atoms with Crippen molar-refractivity contribution in [3.63, 3.8) is 0 Å². The Morgan fingerprint density at radius 2 is 1.38 bits per heavy atom. The van der Waals surface area contributed by atoms with Gasteiger partial charge in [-0.3, -0.25) is 4.57 Å². The largest absolute Gasteiger partial charge is 0.380 e. The number of hydrogen-bond acceptors (Lipinski definition) is 4. The normalized spacial score (nSPS) is 12.9. The van der Waals surface area contributed by atoms with Gasteiger partial charge < -0.3 is 14.0 Å². The van der Waals surface area contributed by atoms with E-state index in [0.717, 1.165) is 11.1 Å². The molecule has 0 aliphatic rings. The molecule has 0 unspecified atom stereocenters. The Morgan fingerprint density at radius 3 is 1.92 bits per heavy atom. The maximum atomic E-state index is 11.3. The second kappa shape index (κ2) is 10.2. The number of benzene rings is 2. The Bertz CT molecular complexity index is 634. The third kappa shape index (κ3) is 8.29. The highest BCUT2D eigenvalue weighted by molar-refractivity contribution is 8.05. The lowest BCUT2D eigenvalue weighted by Crippen LogP contribution is -2.24. The third-order valence-corrected chi connectivity index (χ3v) is 4.19. The molecule has 0 radical (unpaired) electrons. The van der Waals surface area contributed by atoms with Gasteiger partial charge >= 0.3 is 6.07 Å². The van der Waals surface area contributed by atoms with Gasteiger partial charge in [0.15, 0.2) is 0 Å². The van der Waals surface area contributed by atoms with Crippen molar-refractivity contribution in [3.05, 3.63) is 71.8 Å². The Hall–Kier alpha value is -0.870. The van der Waals surface area contributed by atoms with E-state index in [2.05, 4.69) is 0 Å². The predicted molar refractivity (Wildman–Crippen MR) is 96.4 cm³/mol. The fourth-order valence-electron chi connectivity index (χ4n) is 1.99. The van der Waals surface area contributed by atoms with E-state index >= 15 is 0 Å². The highest BCUT2D eigenvalue weighted by Gasteiger charge is 2.19. The van der Waals surface area contributed by atoms with Crippen molar-refractivity contribution in [2.75, 3.05) is 13.2 Å². The van der Waals surface area contributed by atoms with Crippen LogP contribution >= 0.6 is 28.6 Å². The van der Waals surface area contributed by atoms with Gasteiger partial charge in [0, 0.05) is 0 Å². The van der Waals surface area contributed by atoms with Gasteiger partial charge in [0.25, 0.3) is 0 Å². The van der Waals surface area contributed by atoms with Gasteiger partial charge in [-0.2, -0.15) is 0 Å². The number of halogens is 2. The minimum Gasteiger partial charge on any atom is -0.374 e. The van der Waals surface area contributed by atoms with Gasteiger partial charge in [-0.25, -0.2) is 0 Å². The summed E-state index contributed by atoms with van der Waals surface area (Å²) < 4.78 is 27.7. The van der Waals surface area contributed by atoms with Crippen LogP contribution in [0.2, 0.25) is 0 Å². The van der Waals surface area contributed by atoms with E-state index in [1.807, 2.05) is 60.7 Å². The summed E-state index contributed by atoms with van der Waals surface area (Å²) in [5, 5.41) is 0. The maximum absolute atomic E-state index is 11.3. The molecule has 7 heteroatoms. The van der Waals surface area contributed by atoms with Crippen LogP contribution in [0.5, 0.6) is 0 Å². The summed E-state index contributed by atoms with van der Waals surface area (Å²) >= 11 is 10.9.